The molecule has 0 N–H and O–H groups in total. The van der Waals surface area contributed by atoms with Crippen molar-refractivity contribution in [2.24, 2.45) is 0 Å². The molecule has 11 rings (SSSR count). The van der Waals surface area contributed by atoms with E-state index in [2.05, 4.69) is 158 Å². The highest BCUT2D eigenvalue weighted by molar-refractivity contribution is 7.26. The zero-order chi connectivity index (χ0) is 31.3. The number of rotatable bonds is 2. The van der Waals surface area contributed by atoms with Crippen LogP contribution in [0.2, 0.25) is 0 Å². The van der Waals surface area contributed by atoms with Gasteiger partial charge >= 0.3 is 0 Å². The average Bonchev–Trinajstić information content (AvgIpc) is 3.70. The van der Waals surface area contributed by atoms with Gasteiger partial charge in [-0.15, -0.1) is 11.3 Å². The highest BCUT2D eigenvalue weighted by Crippen LogP contribution is 2.51. The molecule has 0 bridgehead atoms. The first kappa shape index (κ1) is 26.1. The highest BCUT2D eigenvalue weighted by atomic mass is 32.1. The van der Waals surface area contributed by atoms with Crippen LogP contribution in [0.15, 0.2) is 162 Å². The molecule has 0 amide bonds. The first-order valence-electron chi connectivity index (χ1n) is 16.4. The molecular weight excluding hydrogens is 601 g/mol. The molecule has 0 fully saturated rings. The standard InChI is InChI=1S/C46H26OS/c1-2-14-29-25-39-37(24-28(29)13-1)45-44-36-21-9-10-23-40(36)48-41(44)26-38(46(45)47-39)43-34-19-7-5-17-32(34)42(33-18-6-8-20-35(33)43)31-22-11-15-27-12-3-4-16-30(27)31/h1-26H. The fraction of sp³-hybridized carbons (Fsp3) is 0. The van der Waals surface area contributed by atoms with Crippen LogP contribution in [0.4, 0.5) is 0 Å². The van der Waals surface area contributed by atoms with Gasteiger partial charge in [-0.1, -0.05) is 133 Å². The first-order chi connectivity index (χ1) is 23.8. The fourth-order valence-corrected chi connectivity index (χ4v) is 9.33. The number of furan rings is 1. The van der Waals surface area contributed by atoms with Crippen LogP contribution in [0.5, 0.6) is 0 Å². The second-order valence-corrected chi connectivity index (χ2v) is 13.8. The second-order valence-electron chi connectivity index (χ2n) is 12.8. The van der Waals surface area contributed by atoms with Crippen LogP contribution >= 0.6 is 11.3 Å². The maximum atomic E-state index is 7.05. The third kappa shape index (κ3) is 3.55. The van der Waals surface area contributed by atoms with E-state index < -0.39 is 0 Å². The molecule has 11 aromatic rings. The Labute approximate surface area is 279 Å². The van der Waals surface area contributed by atoms with Crippen molar-refractivity contribution in [3.05, 3.63) is 158 Å². The van der Waals surface area contributed by atoms with Crippen molar-refractivity contribution in [2.45, 2.75) is 0 Å². The second kappa shape index (κ2) is 9.78. The molecule has 1 nitrogen and oxygen atoms in total. The molecule has 0 aliphatic heterocycles. The third-order valence-corrected chi connectivity index (χ3v) is 11.3. The van der Waals surface area contributed by atoms with Crippen LogP contribution in [-0.4, -0.2) is 0 Å². The first-order valence-corrected chi connectivity index (χ1v) is 17.2. The van der Waals surface area contributed by atoms with E-state index in [0.29, 0.717) is 0 Å². The van der Waals surface area contributed by atoms with Crippen LogP contribution in [0, 0.1) is 0 Å². The molecule has 0 unspecified atom stereocenters. The third-order valence-electron chi connectivity index (χ3n) is 10.2. The summed E-state index contributed by atoms with van der Waals surface area (Å²) in [7, 11) is 0. The van der Waals surface area contributed by atoms with Gasteiger partial charge in [0.1, 0.15) is 11.2 Å². The lowest BCUT2D eigenvalue weighted by Crippen LogP contribution is -1.92. The minimum Gasteiger partial charge on any atom is -0.455 e. The van der Waals surface area contributed by atoms with Gasteiger partial charge in [-0.25, -0.2) is 0 Å². The minimum absolute atomic E-state index is 0.925. The van der Waals surface area contributed by atoms with Crippen molar-refractivity contribution < 1.29 is 4.42 Å². The molecule has 0 saturated carbocycles. The largest absolute Gasteiger partial charge is 0.455 e. The van der Waals surface area contributed by atoms with Crippen LogP contribution in [0.1, 0.15) is 0 Å². The molecule has 0 spiro atoms. The summed E-state index contributed by atoms with van der Waals surface area (Å²) in [6, 6.07) is 57.6. The summed E-state index contributed by atoms with van der Waals surface area (Å²) < 4.78 is 9.62. The monoisotopic (exact) mass is 626 g/mol. The zero-order valence-corrected chi connectivity index (χ0v) is 26.6. The number of hydrogen-bond donors (Lipinski definition) is 0. The van der Waals surface area contributed by atoms with Crippen molar-refractivity contribution in [1.82, 2.24) is 0 Å². The molecule has 0 radical (unpaired) electrons. The van der Waals surface area contributed by atoms with Gasteiger partial charge < -0.3 is 4.42 Å². The van der Waals surface area contributed by atoms with E-state index in [9.17, 15) is 0 Å². The quantitative estimate of drug-likeness (QED) is 0.174. The highest BCUT2D eigenvalue weighted by Gasteiger charge is 2.24. The van der Waals surface area contributed by atoms with Gasteiger partial charge in [-0.05, 0) is 78.5 Å². The van der Waals surface area contributed by atoms with Crippen LogP contribution in [0.25, 0.3) is 107 Å². The summed E-state index contributed by atoms with van der Waals surface area (Å²) in [5.41, 5.74) is 6.77. The molecule has 2 aromatic heterocycles. The maximum absolute atomic E-state index is 7.05. The van der Waals surface area contributed by atoms with Crippen LogP contribution in [0.3, 0.4) is 0 Å². The van der Waals surface area contributed by atoms with E-state index in [1.807, 2.05) is 11.3 Å². The van der Waals surface area contributed by atoms with Crippen molar-refractivity contribution in [1.29, 1.82) is 0 Å². The minimum atomic E-state index is 0.925. The van der Waals surface area contributed by atoms with E-state index in [4.69, 9.17) is 4.42 Å². The van der Waals surface area contributed by atoms with Gasteiger partial charge in [0.15, 0.2) is 0 Å². The Bertz CT molecular complexity index is 3060. The van der Waals surface area contributed by atoms with Crippen molar-refractivity contribution >= 4 is 96.5 Å². The molecule has 0 aliphatic rings. The molecule has 0 saturated heterocycles. The van der Waals surface area contributed by atoms with Gasteiger partial charge in [0.2, 0.25) is 0 Å². The zero-order valence-electron chi connectivity index (χ0n) is 25.8. The Hall–Kier alpha value is -5.96. The Morgan fingerprint density at radius 2 is 0.896 bits per heavy atom. The van der Waals surface area contributed by atoms with E-state index in [-0.39, 0.29) is 0 Å². The van der Waals surface area contributed by atoms with E-state index in [1.165, 1.54) is 90.7 Å². The SMILES string of the molecule is c1ccc2cc3c(cc2c1)oc1c(-c2c4ccccc4c(-c4cccc5ccccc45)c4ccccc24)cc2sc4ccccc4c2c13. The van der Waals surface area contributed by atoms with E-state index in [1.54, 1.807) is 0 Å². The lowest BCUT2D eigenvalue weighted by Gasteiger charge is -2.19. The molecular formula is C46H26OS. The van der Waals surface area contributed by atoms with Gasteiger partial charge in [0.05, 0.1) is 0 Å². The number of hydrogen-bond acceptors (Lipinski definition) is 2. The van der Waals surface area contributed by atoms with E-state index in [0.717, 1.165) is 16.7 Å². The molecule has 9 aromatic carbocycles. The summed E-state index contributed by atoms with van der Waals surface area (Å²) in [6.07, 6.45) is 0. The van der Waals surface area contributed by atoms with Crippen molar-refractivity contribution in [3.8, 4) is 22.3 Å². The lowest BCUT2D eigenvalue weighted by molar-refractivity contribution is 0.671. The normalized spacial score (nSPS) is 12.2. The summed E-state index contributed by atoms with van der Waals surface area (Å²) in [4.78, 5) is 0. The molecule has 222 valence electrons. The average molecular weight is 627 g/mol. The lowest BCUT2D eigenvalue weighted by atomic mass is 9.84. The van der Waals surface area contributed by atoms with Crippen LogP contribution < -0.4 is 0 Å². The Kier molecular flexibility index (Phi) is 5.32. The summed E-state index contributed by atoms with van der Waals surface area (Å²) >= 11 is 1.87. The van der Waals surface area contributed by atoms with E-state index >= 15 is 0 Å². The number of thiophene rings is 1. The van der Waals surface area contributed by atoms with Gasteiger partial charge in [-0.3, -0.25) is 0 Å². The molecule has 2 heterocycles. The predicted molar refractivity (Wildman–Crippen MR) is 208 cm³/mol. The topological polar surface area (TPSA) is 13.1 Å². The predicted octanol–water partition coefficient (Wildman–Crippen LogP) is 13.9. The molecule has 2 heteroatoms. The van der Waals surface area contributed by atoms with Gasteiger partial charge in [0.25, 0.3) is 0 Å². The van der Waals surface area contributed by atoms with Gasteiger partial charge in [-0.2, -0.15) is 0 Å². The van der Waals surface area contributed by atoms with Crippen molar-refractivity contribution in [3.63, 3.8) is 0 Å². The number of fused-ring (bicyclic) bond motifs is 11. The number of benzene rings is 9. The van der Waals surface area contributed by atoms with Gasteiger partial charge in [0, 0.05) is 42.1 Å². The Morgan fingerprint density at radius 3 is 1.60 bits per heavy atom. The Balaban J connectivity index is 1.35. The van der Waals surface area contributed by atoms with Crippen LogP contribution in [-0.2, 0) is 0 Å². The molecule has 0 atom stereocenters. The summed E-state index contributed by atoms with van der Waals surface area (Å²) in [5.74, 6) is 0. The molecule has 48 heavy (non-hydrogen) atoms. The summed E-state index contributed by atoms with van der Waals surface area (Å²) in [6.45, 7) is 0. The fourth-order valence-electron chi connectivity index (χ4n) is 8.18. The maximum Gasteiger partial charge on any atom is 0.144 e. The Morgan fingerprint density at radius 1 is 0.354 bits per heavy atom. The summed E-state index contributed by atoms with van der Waals surface area (Å²) in [5, 5.41) is 14.8. The van der Waals surface area contributed by atoms with Crippen molar-refractivity contribution in [2.75, 3.05) is 0 Å². The molecule has 0 aliphatic carbocycles. The smallest absolute Gasteiger partial charge is 0.144 e.